The highest BCUT2D eigenvalue weighted by molar-refractivity contribution is 5.85. The third-order valence-electron chi connectivity index (χ3n) is 2.93. The molecule has 0 bridgehead atoms. The molecule has 0 aliphatic heterocycles. The molecule has 0 aliphatic carbocycles. The van der Waals surface area contributed by atoms with Crippen LogP contribution in [0.15, 0.2) is 34.9 Å². The van der Waals surface area contributed by atoms with Crippen molar-refractivity contribution in [2.24, 2.45) is 5.73 Å². The number of aromatic nitrogens is 2. The summed E-state index contributed by atoms with van der Waals surface area (Å²) in [4.78, 5) is 6.46. The molecule has 6 heteroatoms. The molecule has 0 amide bonds. The van der Waals surface area contributed by atoms with E-state index in [-0.39, 0.29) is 12.4 Å². The monoisotopic (exact) mass is 296 g/mol. The Balaban J connectivity index is 0.00000200. The van der Waals surface area contributed by atoms with Crippen molar-refractivity contribution in [2.45, 2.75) is 19.9 Å². The molecule has 2 rings (SSSR count). The summed E-state index contributed by atoms with van der Waals surface area (Å²) in [5.74, 6) is 1.32. The molecule has 2 N–H and O–H groups in total. The smallest absolute Gasteiger partial charge is 0.240 e. The van der Waals surface area contributed by atoms with Gasteiger partial charge < -0.3 is 10.3 Å². The topological polar surface area (TPSA) is 68.2 Å². The SMILES string of the molecule is Cc1noc(CN(CCN)CCc2ccccc2)n1.Cl. The Bertz CT molecular complexity index is 489. The second-order valence-corrected chi connectivity index (χ2v) is 4.54. The standard InChI is InChI=1S/C14H20N4O.ClH/c1-12-16-14(19-17-12)11-18(10-8-15)9-7-13-5-3-2-4-6-13;/h2-6H,7-11,15H2,1H3;1H. The second kappa shape index (κ2) is 8.68. The fourth-order valence-electron chi connectivity index (χ4n) is 1.98. The molecule has 0 aliphatic rings. The van der Waals surface area contributed by atoms with Crippen molar-refractivity contribution >= 4 is 12.4 Å². The van der Waals surface area contributed by atoms with E-state index in [2.05, 4.69) is 39.3 Å². The van der Waals surface area contributed by atoms with Crippen molar-refractivity contribution in [1.82, 2.24) is 15.0 Å². The van der Waals surface area contributed by atoms with Gasteiger partial charge in [-0.3, -0.25) is 4.90 Å². The molecule has 0 saturated carbocycles. The molecule has 20 heavy (non-hydrogen) atoms. The van der Waals surface area contributed by atoms with Crippen molar-refractivity contribution in [3.05, 3.63) is 47.6 Å². The molecule has 1 aromatic heterocycles. The van der Waals surface area contributed by atoms with Gasteiger partial charge in [-0.15, -0.1) is 12.4 Å². The lowest BCUT2D eigenvalue weighted by Crippen LogP contribution is -2.31. The number of hydrogen-bond donors (Lipinski definition) is 1. The highest BCUT2D eigenvalue weighted by atomic mass is 35.5. The molecule has 0 fully saturated rings. The van der Waals surface area contributed by atoms with Crippen LogP contribution in [0.5, 0.6) is 0 Å². The predicted molar refractivity (Wildman–Crippen MR) is 80.8 cm³/mol. The maximum Gasteiger partial charge on any atom is 0.240 e. The van der Waals surface area contributed by atoms with Gasteiger partial charge in [-0.1, -0.05) is 35.5 Å². The summed E-state index contributed by atoms with van der Waals surface area (Å²) in [5, 5.41) is 3.80. The summed E-state index contributed by atoms with van der Waals surface area (Å²) in [7, 11) is 0. The van der Waals surface area contributed by atoms with Crippen LogP contribution in [0.2, 0.25) is 0 Å². The van der Waals surface area contributed by atoms with E-state index in [0.717, 1.165) is 19.5 Å². The van der Waals surface area contributed by atoms with E-state index in [0.29, 0.717) is 24.8 Å². The Morgan fingerprint density at radius 3 is 2.55 bits per heavy atom. The Morgan fingerprint density at radius 1 is 1.20 bits per heavy atom. The summed E-state index contributed by atoms with van der Waals surface area (Å²) < 4.78 is 5.15. The van der Waals surface area contributed by atoms with E-state index < -0.39 is 0 Å². The van der Waals surface area contributed by atoms with Gasteiger partial charge in [0.05, 0.1) is 6.54 Å². The van der Waals surface area contributed by atoms with Gasteiger partial charge in [-0.2, -0.15) is 4.98 Å². The molecule has 1 heterocycles. The van der Waals surface area contributed by atoms with Gasteiger partial charge in [0.25, 0.3) is 0 Å². The predicted octanol–water partition coefficient (Wildman–Crippen LogP) is 1.80. The van der Waals surface area contributed by atoms with Crippen molar-refractivity contribution < 1.29 is 4.52 Å². The molecule has 5 nitrogen and oxygen atoms in total. The number of hydrogen-bond acceptors (Lipinski definition) is 5. The van der Waals surface area contributed by atoms with Gasteiger partial charge in [-0.05, 0) is 18.9 Å². The number of halogens is 1. The van der Waals surface area contributed by atoms with E-state index in [1.807, 2.05) is 13.0 Å². The van der Waals surface area contributed by atoms with Crippen molar-refractivity contribution in [2.75, 3.05) is 19.6 Å². The molecule has 0 radical (unpaired) electrons. The highest BCUT2D eigenvalue weighted by Crippen LogP contribution is 2.05. The van der Waals surface area contributed by atoms with Crippen molar-refractivity contribution in [3.8, 4) is 0 Å². The third-order valence-corrected chi connectivity index (χ3v) is 2.93. The summed E-state index contributed by atoms with van der Waals surface area (Å²) in [6, 6.07) is 10.4. The Hall–Kier alpha value is -1.43. The van der Waals surface area contributed by atoms with E-state index >= 15 is 0 Å². The molecule has 0 atom stereocenters. The second-order valence-electron chi connectivity index (χ2n) is 4.54. The normalized spacial score (nSPS) is 10.6. The van der Waals surface area contributed by atoms with Crippen LogP contribution < -0.4 is 5.73 Å². The minimum Gasteiger partial charge on any atom is -0.338 e. The highest BCUT2D eigenvalue weighted by Gasteiger charge is 2.10. The number of nitrogens with two attached hydrogens (primary N) is 1. The van der Waals surface area contributed by atoms with Gasteiger partial charge in [-0.25, -0.2) is 0 Å². The average molecular weight is 297 g/mol. The minimum absolute atomic E-state index is 0. The fraction of sp³-hybridized carbons (Fsp3) is 0.429. The first-order valence-corrected chi connectivity index (χ1v) is 6.53. The van der Waals surface area contributed by atoms with Crippen molar-refractivity contribution in [3.63, 3.8) is 0 Å². The molecule has 1 aromatic carbocycles. The van der Waals surface area contributed by atoms with Gasteiger partial charge in [0.15, 0.2) is 5.82 Å². The molecular weight excluding hydrogens is 276 g/mol. The lowest BCUT2D eigenvalue weighted by Gasteiger charge is -2.19. The quantitative estimate of drug-likeness (QED) is 0.844. The minimum atomic E-state index is 0. The first-order valence-electron chi connectivity index (χ1n) is 6.53. The number of benzene rings is 1. The lowest BCUT2D eigenvalue weighted by atomic mass is 10.1. The number of aryl methyl sites for hydroxylation is 1. The summed E-state index contributed by atoms with van der Waals surface area (Å²) in [6.07, 6.45) is 0.994. The maximum atomic E-state index is 5.65. The van der Waals surface area contributed by atoms with Crippen LogP contribution in [-0.2, 0) is 13.0 Å². The van der Waals surface area contributed by atoms with E-state index in [9.17, 15) is 0 Å². The molecule has 2 aromatic rings. The zero-order valence-electron chi connectivity index (χ0n) is 11.7. The zero-order chi connectivity index (χ0) is 13.5. The van der Waals surface area contributed by atoms with Crippen molar-refractivity contribution in [1.29, 1.82) is 0 Å². The molecule has 0 spiro atoms. The van der Waals surface area contributed by atoms with Crippen LogP contribution >= 0.6 is 12.4 Å². The van der Waals surface area contributed by atoms with Crippen LogP contribution in [0.25, 0.3) is 0 Å². The first kappa shape index (κ1) is 16.6. The third kappa shape index (κ3) is 5.28. The van der Waals surface area contributed by atoms with Crippen LogP contribution in [0.3, 0.4) is 0 Å². The van der Waals surface area contributed by atoms with Crippen LogP contribution in [-0.4, -0.2) is 34.7 Å². The van der Waals surface area contributed by atoms with Crippen LogP contribution in [0.4, 0.5) is 0 Å². The fourth-order valence-corrected chi connectivity index (χ4v) is 1.98. The zero-order valence-corrected chi connectivity index (χ0v) is 12.5. The molecule has 0 unspecified atom stereocenters. The van der Waals surface area contributed by atoms with E-state index in [4.69, 9.17) is 10.3 Å². The molecule has 0 saturated heterocycles. The summed E-state index contributed by atoms with van der Waals surface area (Å²) >= 11 is 0. The summed E-state index contributed by atoms with van der Waals surface area (Å²) in [5.41, 5.74) is 6.97. The van der Waals surface area contributed by atoms with E-state index in [1.54, 1.807) is 0 Å². The first-order chi connectivity index (χ1) is 9.28. The Morgan fingerprint density at radius 2 is 1.95 bits per heavy atom. The molecule has 110 valence electrons. The largest absolute Gasteiger partial charge is 0.338 e. The van der Waals surface area contributed by atoms with Crippen LogP contribution in [0, 0.1) is 6.92 Å². The van der Waals surface area contributed by atoms with Gasteiger partial charge in [0.2, 0.25) is 5.89 Å². The van der Waals surface area contributed by atoms with Gasteiger partial charge in [0, 0.05) is 19.6 Å². The lowest BCUT2D eigenvalue weighted by molar-refractivity contribution is 0.233. The number of rotatable bonds is 7. The summed E-state index contributed by atoms with van der Waals surface area (Å²) in [6.45, 7) is 4.87. The van der Waals surface area contributed by atoms with Crippen LogP contribution in [0.1, 0.15) is 17.3 Å². The maximum absolute atomic E-state index is 5.65. The van der Waals surface area contributed by atoms with Gasteiger partial charge >= 0.3 is 0 Å². The van der Waals surface area contributed by atoms with E-state index in [1.165, 1.54) is 5.56 Å². The number of nitrogens with zero attached hydrogens (tertiary/aromatic N) is 3. The average Bonchev–Trinajstić information content (AvgIpc) is 2.83. The molecular formula is C14H21ClN4O. The Labute approximate surface area is 125 Å². The Kier molecular flexibility index (Phi) is 7.22. The van der Waals surface area contributed by atoms with Gasteiger partial charge in [0.1, 0.15) is 0 Å².